The Bertz CT molecular complexity index is 687. The van der Waals surface area contributed by atoms with Crippen LogP contribution < -0.4 is 5.32 Å². The molecular weight excluding hydrogens is 271 g/mol. The minimum absolute atomic E-state index is 0.0313. The lowest BCUT2D eigenvalue weighted by molar-refractivity contribution is -0.118. The summed E-state index contributed by atoms with van der Waals surface area (Å²) in [7, 11) is 0. The third kappa shape index (κ3) is 2.22. The Balaban J connectivity index is 1.46. The third-order valence-electron chi connectivity index (χ3n) is 4.58. The van der Waals surface area contributed by atoms with E-state index in [-0.39, 0.29) is 17.6 Å². The molecule has 0 unspecified atom stereocenters. The molecule has 0 saturated heterocycles. The fourth-order valence-electron chi connectivity index (χ4n) is 3.53. The maximum absolute atomic E-state index is 13.2. The van der Waals surface area contributed by atoms with E-state index in [1.54, 1.807) is 18.2 Å². The number of aromatic nitrogens is 1. The van der Waals surface area contributed by atoms with Crippen LogP contribution in [-0.2, 0) is 4.79 Å². The van der Waals surface area contributed by atoms with E-state index in [1.807, 2.05) is 0 Å². The number of anilines is 1. The van der Waals surface area contributed by atoms with Crippen molar-refractivity contribution in [2.45, 2.75) is 19.3 Å². The van der Waals surface area contributed by atoms with Crippen LogP contribution in [0.3, 0.4) is 0 Å². The van der Waals surface area contributed by atoms with E-state index in [1.165, 1.54) is 18.6 Å². The molecule has 1 N–H and O–H groups in total. The van der Waals surface area contributed by atoms with Crippen LogP contribution >= 0.6 is 0 Å². The van der Waals surface area contributed by atoms with Crippen molar-refractivity contribution in [2.24, 2.45) is 17.8 Å². The maximum Gasteiger partial charge on any atom is 0.229 e. The number of hydrogen-bond donors (Lipinski definition) is 1. The highest BCUT2D eigenvalue weighted by atomic mass is 19.1. The summed E-state index contributed by atoms with van der Waals surface area (Å²) in [5.74, 6) is 1.82. The number of amides is 1. The van der Waals surface area contributed by atoms with E-state index in [2.05, 4.69) is 10.5 Å². The summed E-state index contributed by atoms with van der Waals surface area (Å²) >= 11 is 0. The van der Waals surface area contributed by atoms with E-state index >= 15 is 0 Å². The summed E-state index contributed by atoms with van der Waals surface area (Å²) in [4.78, 5) is 12.1. The second-order valence-electron chi connectivity index (χ2n) is 5.86. The predicted octanol–water partition coefficient (Wildman–Crippen LogP) is 3.47. The van der Waals surface area contributed by atoms with Crippen LogP contribution in [0.25, 0.3) is 11.3 Å². The molecule has 1 amide bonds. The molecule has 4 rings (SSSR count). The summed E-state index contributed by atoms with van der Waals surface area (Å²) in [6.45, 7) is 0. The average Bonchev–Trinajstić information content (AvgIpc) is 2.83. The lowest BCUT2D eigenvalue weighted by atomic mass is 10.1. The quantitative estimate of drug-likeness (QED) is 0.940. The Morgan fingerprint density at radius 1 is 1.29 bits per heavy atom. The molecule has 108 valence electrons. The van der Waals surface area contributed by atoms with Gasteiger partial charge in [0.2, 0.25) is 5.91 Å². The average molecular weight is 286 g/mol. The van der Waals surface area contributed by atoms with Crippen LogP contribution in [0.5, 0.6) is 0 Å². The van der Waals surface area contributed by atoms with E-state index in [9.17, 15) is 9.18 Å². The number of carbonyl (C=O) groups excluding carboxylic acids is 1. The summed E-state index contributed by atoms with van der Waals surface area (Å²) in [5, 5.41) is 6.64. The standard InChI is InChI=1S/C16H15FN2O2/c17-10-4-1-3-9(7-10)13-8-14(19-21-13)18-16(20)15-11-5-2-6-12(11)15/h1,3-4,7-8,11-12,15H,2,5-6H2,(H,18,19,20)/t11-,12-/m0/s1. The Hall–Kier alpha value is -2.17. The molecule has 0 aliphatic heterocycles. The second-order valence-corrected chi connectivity index (χ2v) is 5.86. The zero-order valence-corrected chi connectivity index (χ0v) is 11.4. The molecule has 21 heavy (non-hydrogen) atoms. The van der Waals surface area contributed by atoms with E-state index in [0.29, 0.717) is 29.0 Å². The van der Waals surface area contributed by atoms with Crippen molar-refractivity contribution in [3.05, 3.63) is 36.1 Å². The zero-order chi connectivity index (χ0) is 14.4. The van der Waals surface area contributed by atoms with Crippen molar-refractivity contribution in [3.8, 4) is 11.3 Å². The molecule has 0 spiro atoms. The first kappa shape index (κ1) is 12.6. The number of carbonyl (C=O) groups is 1. The Morgan fingerprint density at radius 3 is 2.86 bits per heavy atom. The number of hydrogen-bond acceptors (Lipinski definition) is 3. The van der Waals surface area contributed by atoms with Gasteiger partial charge in [0.05, 0.1) is 0 Å². The first-order valence-electron chi connectivity index (χ1n) is 7.26. The number of nitrogens with zero attached hydrogens (tertiary/aromatic N) is 1. The van der Waals surface area contributed by atoms with Gasteiger partial charge in [-0.15, -0.1) is 0 Å². The van der Waals surface area contributed by atoms with Gasteiger partial charge in [-0.2, -0.15) is 0 Å². The predicted molar refractivity (Wildman–Crippen MR) is 74.8 cm³/mol. The summed E-state index contributed by atoms with van der Waals surface area (Å²) in [6, 6.07) is 7.72. The fourth-order valence-corrected chi connectivity index (χ4v) is 3.53. The molecule has 4 nitrogen and oxygen atoms in total. The van der Waals surface area contributed by atoms with Gasteiger partial charge >= 0.3 is 0 Å². The molecule has 1 heterocycles. The third-order valence-corrected chi connectivity index (χ3v) is 4.58. The van der Waals surface area contributed by atoms with Gasteiger partial charge < -0.3 is 9.84 Å². The highest BCUT2D eigenvalue weighted by Gasteiger charge is 2.56. The molecule has 2 aliphatic rings. The van der Waals surface area contributed by atoms with Crippen LogP contribution in [0.2, 0.25) is 0 Å². The Morgan fingerprint density at radius 2 is 2.10 bits per heavy atom. The van der Waals surface area contributed by atoms with Crippen molar-refractivity contribution in [1.82, 2.24) is 5.16 Å². The molecule has 1 aromatic carbocycles. The molecule has 2 aliphatic carbocycles. The fraction of sp³-hybridized carbons (Fsp3) is 0.375. The molecule has 2 fully saturated rings. The van der Waals surface area contributed by atoms with Gasteiger partial charge in [0.25, 0.3) is 0 Å². The van der Waals surface area contributed by atoms with E-state index in [4.69, 9.17) is 4.52 Å². The largest absolute Gasteiger partial charge is 0.354 e. The van der Waals surface area contributed by atoms with Gasteiger partial charge in [0, 0.05) is 17.5 Å². The summed E-state index contributed by atoms with van der Waals surface area (Å²) < 4.78 is 18.4. The van der Waals surface area contributed by atoms with Crippen LogP contribution in [0.4, 0.5) is 10.2 Å². The SMILES string of the molecule is O=C(Nc1cc(-c2cccc(F)c2)on1)C1[C@H]2CCC[C@H]12. The van der Waals surface area contributed by atoms with E-state index in [0.717, 1.165) is 12.8 Å². The molecule has 1 aromatic heterocycles. The van der Waals surface area contributed by atoms with Gasteiger partial charge in [-0.05, 0) is 36.8 Å². The molecule has 2 atom stereocenters. The van der Waals surface area contributed by atoms with Crippen LogP contribution in [0.1, 0.15) is 19.3 Å². The number of fused-ring (bicyclic) bond motifs is 1. The number of halogens is 1. The monoisotopic (exact) mass is 286 g/mol. The van der Waals surface area contributed by atoms with Gasteiger partial charge in [-0.25, -0.2) is 4.39 Å². The van der Waals surface area contributed by atoms with E-state index < -0.39 is 0 Å². The molecule has 0 radical (unpaired) electrons. The molecular formula is C16H15FN2O2. The number of rotatable bonds is 3. The topological polar surface area (TPSA) is 55.1 Å². The Kier molecular flexibility index (Phi) is 2.80. The summed E-state index contributed by atoms with van der Waals surface area (Å²) in [6.07, 6.45) is 3.57. The van der Waals surface area contributed by atoms with Crippen LogP contribution in [0, 0.1) is 23.6 Å². The maximum atomic E-state index is 13.2. The molecule has 5 heteroatoms. The zero-order valence-electron chi connectivity index (χ0n) is 11.4. The van der Waals surface area contributed by atoms with Crippen molar-refractivity contribution in [3.63, 3.8) is 0 Å². The second kappa shape index (κ2) is 4.69. The number of benzene rings is 1. The number of nitrogens with one attached hydrogen (secondary N) is 1. The van der Waals surface area contributed by atoms with Gasteiger partial charge in [-0.3, -0.25) is 4.79 Å². The molecule has 2 aromatic rings. The van der Waals surface area contributed by atoms with Gasteiger partial charge in [-0.1, -0.05) is 23.7 Å². The smallest absolute Gasteiger partial charge is 0.229 e. The van der Waals surface area contributed by atoms with Crippen molar-refractivity contribution >= 4 is 11.7 Å². The molecule has 0 bridgehead atoms. The highest BCUT2D eigenvalue weighted by molar-refractivity contribution is 5.94. The first-order chi connectivity index (χ1) is 10.2. The lowest BCUT2D eigenvalue weighted by Gasteiger charge is -2.02. The minimum Gasteiger partial charge on any atom is -0.354 e. The first-order valence-corrected chi connectivity index (χ1v) is 7.26. The van der Waals surface area contributed by atoms with Gasteiger partial charge in [0.15, 0.2) is 11.6 Å². The Labute approximate surface area is 121 Å². The van der Waals surface area contributed by atoms with Crippen molar-refractivity contribution in [2.75, 3.05) is 5.32 Å². The van der Waals surface area contributed by atoms with Crippen molar-refractivity contribution in [1.29, 1.82) is 0 Å². The normalized spacial score (nSPS) is 26.4. The molecule has 2 saturated carbocycles. The van der Waals surface area contributed by atoms with Gasteiger partial charge in [0.1, 0.15) is 5.82 Å². The lowest BCUT2D eigenvalue weighted by Crippen LogP contribution is -2.16. The van der Waals surface area contributed by atoms with Crippen molar-refractivity contribution < 1.29 is 13.7 Å². The van der Waals surface area contributed by atoms with Crippen LogP contribution in [0.15, 0.2) is 34.9 Å². The summed E-state index contributed by atoms with van der Waals surface area (Å²) in [5.41, 5.74) is 0.603. The van der Waals surface area contributed by atoms with Crippen LogP contribution in [-0.4, -0.2) is 11.1 Å². The minimum atomic E-state index is -0.333. The highest BCUT2D eigenvalue weighted by Crippen LogP contribution is 2.57.